The summed E-state index contributed by atoms with van der Waals surface area (Å²) >= 11 is 1.54. The number of benzene rings is 1. The highest BCUT2D eigenvalue weighted by Crippen LogP contribution is 2.32. The van der Waals surface area contributed by atoms with Crippen molar-refractivity contribution in [2.75, 3.05) is 12.4 Å². The number of aliphatic hydroxyl groups excluding tert-OH is 3. The van der Waals surface area contributed by atoms with Crippen LogP contribution >= 0.6 is 11.8 Å². The molecule has 3 N–H and O–H groups in total. The van der Waals surface area contributed by atoms with E-state index in [0.717, 1.165) is 16.0 Å². The highest BCUT2D eigenvalue weighted by molar-refractivity contribution is 7.99. The van der Waals surface area contributed by atoms with Gasteiger partial charge in [0.05, 0.1) is 18.2 Å². The quantitative estimate of drug-likeness (QED) is 0.298. The molecule has 1 aliphatic heterocycles. The molecule has 1 fully saturated rings. The molecule has 3 aromatic rings. The molecule has 4 rings (SSSR count). The Labute approximate surface area is 177 Å². The Kier molecular flexibility index (Phi) is 6.56. The number of aromatic nitrogens is 4. The summed E-state index contributed by atoms with van der Waals surface area (Å²) in [6.45, 7) is -0.394. The third kappa shape index (κ3) is 4.30. The Balaban J connectivity index is 1.43. The zero-order valence-corrected chi connectivity index (χ0v) is 16.8. The van der Waals surface area contributed by atoms with E-state index in [1.807, 2.05) is 54.6 Å². The standard InChI is InChI=1S/C21H22N4O4S/c26-12-16-17(27)18(28)21(29-16)25-19-15(11-24-25)20(23-13-22-19)30-10-6-2-5-9-14-7-3-1-4-8-14/h1-9,11,13,16-18,21,26-28H,10,12H2/t16-,17-,18-,21-/m1/s1. The largest absolute Gasteiger partial charge is 0.394 e. The minimum atomic E-state index is -1.21. The van der Waals surface area contributed by atoms with E-state index in [-0.39, 0.29) is 0 Å². The maximum absolute atomic E-state index is 10.3. The predicted octanol–water partition coefficient (Wildman–Crippen LogP) is 1.80. The number of nitrogens with zero attached hydrogens (tertiary/aromatic N) is 4. The summed E-state index contributed by atoms with van der Waals surface area (Å²) in [6, 6.07) is 10.1. The lowest BCUT2D eigenvalue weighted by molar-refractivity contribution is -0.0566. The second-order valence-electron chi connectivity index (χ2n) is 6.74. The van der Waals surface area contributed by atoms with Crippen LogP contribution in [-0.4, -0.2) is 65.7 Å². The summed E-state index contributed by atoms with van der Waals surface area (Å²) < 4.78 is 6.97. The fourth-order valence-electron chi connectivity index (χ4n) is 3.22. The van der Waals surface area contributed by atoms with Crippen LogP contribution < -0.4 is 0 Å². The van der Waals surface area contributed by atoms with Gasteiger partial charge in [-0.1, -0.05) is 54.6 Å². The van der Waals surface area contributed by atoms with Gasteiger partial charge in [0.1, 0.15) is 29.7 Å². The van der Waals surface area contributed by atoms with Crippen LogP contribution in [0.1, 0.15) is 11.8 Å². The van der Waals surface area contributed by atoms with Gasteiger partial charge in [0.15, 0.2) is 11.9 Å². The van der Waals surface area contributed by atoms with Crippen molar-refractivity contribution in [3.63, 3.8) is 0 Å². The van der Waals surface area contributed by atoms with Gasteiger partial charge in [-0.05, 0) is 5.56 Å². The normalized spacial score (nSPS) is 24.5. The molecule has 0 unspecified atom stereocenters. The SMILES string of the molecule is OC[C@H]1O[C@@H](n2ncc3c(SCC=CC=Cc4ccccc4)ncnc32)[C@H](O)[C@@H]1O. The third-order valence-electron chi connectivity index (χ3n) is 4.76. The van der Waals surface area contributed by atoms with E-state index in [0.29, 0.717) is 11.4 Å². The van der Waals surface area contributed by atoms with E-state index >= 15 is 0 Å². The first-order valence-corrected chi connectivity index (χ1v) is 10.5. The number of allylic oxidation sites excluding steroid dienone is 2. The van der Waals surface area contributed by atoms with Crippen molar-refractivity contribution in [3.05, 3.63) is 66.6 Å². The van der Waals surface area contributed by atoms with Gasteiger partial charge in [-0.15, -0.1) is 11.8 Å². The molecule has 156 valence electrons. The lowest BCUT2D eigenvalue weighted by atomic mass is 10.1. The van der Waals surface area contributed by atoms with Crippen molar-refractivity contribution in [3.8, 4) is 0 Å². The number of hydrogen-bond acceptors (Lipinski definition) is 8. The molecule has 8 nitrogen and oxygen atoms in total. The highest BCUT2D eigenvalue weighted by Gasteiger charge is 2.44. The Morgan fingerprint density at radius 1 is 1.10 bits per heavy atom. The summed E-state index contributed by atoms with van der Waals surface area (Å²) in [7, 11) is 0. The molecule has 0 aliphatic carbocycles. The fourth-order valence-corrected chi connectivity index (χ4v) is 4.00. The molecule has 0 saturated carbocycles. The number of ether oxygens (including phenoxy) is 1. The molecule has 3 heterocycles. The maximum atomic E-state index is 10.3. The topological polar surface area (TPSA) is 114 Å². The van der Waals surface area contributed by atoms with Gasteiger partial charge in [0, 0.05) is 5.75 Å². The molecule has 30 heavy (non-hydrogen) atoms. The van der Waals surface area contributed by atoms with E-state index in [9.17, 15) is 15.3 Å². The van der Waals surface area contributed by atoms with Crippen molar-refractivity contribution in [1.29, 1.82) is 0 Å². The highest BCUT2D eigenvalue weighted by atomic mass is 32.2. The van der Waals surface area contributed by atoms with Gasteiger partial charge in [-0.3, -0.25) is 0 Å². The lowest BCUT2D eigenvalue weighted by Crippen LogP contribution is -2.33. The molecule has 0 radical (unpaired) electrons. The second kappa shape index (κ2) is 9.50. The Morgan fingerprint density at radius 3 is 2.70 bits per heavy atom. The second-order valence-corrected chi connectivity index (χ2v) is 7.75. The van der Waals surface area contributed by atoms with E-state index in [1.54, 1.807) is 18.0 Å². The molecule has 4 atom stereocenters. The number of aliphatic hydroxyl groups is 3. The van der Waals surface area contributed by atoms with Crippen LogP contribution in [0.5, 0.6) is 0 Å². The van der Waals surface area contributed by atoms with Crippen LogP contribution in [0.15, 0.2) is 66.1 Å². The number of fused-ring (bicyclic) bond motifs is 1. The average Bonchev–Trinajstić information content (AvgIpc) is 3.33. The van der Waals surface area contributed by atoms with Crippen LogP contribution in [0.4, 0.5) is 0 Å². The first-order chi connectivity index (χ1) is 14.7. The molecule has 0 spiro atoms. The monoisotopic (exact) mass is 426 g/mol. The minimum Gasteiger partial charge on any atom is -0.394 e. The molecular formula is C21H22N4O4S. The van der Waals surface area contributed by atoms with Crippen LogP contribution in [0.25, 0.3) is 17.1 Å². The Bertz CT molecular complexity index is 1040. The predicted molar refractivity (Wildman–Crippen MR) is 114 cm³/mol. The number of hydrogen-bond donors (Lipinski definition) is 3. The molecule has 0 amide bonds. The number of rotatable bonds is 7. The van der Waals surface area contributed by atoms with Crippen molar-refractivity contribution in [1.82, 2.24) is 19.7 Å². The molecule has 1 aromatic carbocycles. The average molecular weight is 426 g/mol. The lowest BCUT2D eigenvalue weighted by Gasteiger charge is -2.15. The maximum Gasteiger partial charge on any atom is 0.181 e. The third-order valence-corrected chi connectivity index (χ3v) is 5.72. The zero-order valence-electron chi connectivity index (χ0n) is 16.0. The molecular weight excluding hydrogens is 404 g/mol. The van der Waals surface area contributed by atoms with Gasteiger partial charge in [0.25, 0.3) is 0 Å². The molecule has 0 bridgehead atoms. The first-order valence-electron chi connectivity index (χ1n) is 9.50. The van der Waals surface area contributed by atoms with E-state index in [2.05, 4.69) is 15.1 Å². The molecule has 2 aromatic heterocycles. The smallest absolute Gasteiger partial charge is 0.181 e. The summed E-state index contributed by atoms with van der Waals surface area (Å²) in [6.07, 6.45) is 6.91. The van der Waals surface area contributed by atoms with Gasteiger partial charge < -0.3 is 20.1 Å². The van der Waals surface area contributed by atoms with Gasteiger partial charge in [0.2, 0.25) is 0 Å². The fraction of sp³-hybridized carbons (Fsp3) is 0.286. The van der Waals surface area contributed by atoms with Crippen LogP contribution in [0.2, 0.25) is 0 Å². The van der Waals surface area contributed by atoms with Crippen LogP contribution in [0, 0.1) is 0 Å². The van der Waals surface area contributed by atoms with Crippen molar-refractivity contribution in [2.45, 2.75) is 29.6 Å². The van der Waals surface area contributed by atoms with E-state index in [1.165, 1.54) is 11.0 Å². The zero-order chi connectivity index (χ0) is 20.9. The summed E-state index contributed by atoms with van der Waals surface area (Å²) in [5, 5.41) is 35.3. The van der Waals surface area contributed by atoms with Gasteiger partial charge >= 0.3 is 0 Å². The van der Waals surface area contributed by atoms with E-state index < -0.39 is 31.1 Å². The summed E-state index contributed by atoms with van der Waals surface area (Å²) in [5.41, 5.74) is 1.64. The van der Waals surface area contributed by atoms with Gasteiger partial charge in [-0.25, -0.2) is 14.6 Å². The van der Waals surface area contributed by atoms with Gasteiger partial charge in [-0.2, -0.15) is 5.10 Å². The van der Waals surface area contributed by atoms with Crippen molar-refractivity contribution >= 4 is 28.9 Å². The Morgan fingerprint density at radius 2 is 1.93 bits per heavy atom. The van der Waals surface area contributed by atoms with Crippen LogP contribution in [-0.2, 0) is 4.74 Å². The van der Waals surface area contributed by atoms with Crippen molar-refractivity contribution < 1.29 is 20.1 Å². The summed E-state index contributed by atoms with van der Waals surface area (Å²) in [5.74, 6) is 0.713. The van der Waals surface area contributed by atoms with Crippen molar-refractivity contribution in [2.24, 2.45) is 0 Å². The number of thioether (sulfide) groups is 1. The van der Waals surface area contributed by atoms with Crippen LogP contribution in [0.3, 0.4) is 0 Å². The first kappa shape index (κ1) is 20.7. The molecule has 9 heteroatoms. The molecule has 1 saturated heterocycles. The summed E-state index contributed by atoms with van der Waals surface area (Å²) in [4.78, 5) is 8.59. The van der Waals surface area contributed by atoms with E-state index in [4.69, 9.17) is 4.74 Å². The molecule has 1 aliphatic rings. The Hall–Kier alpha value is -2.56. The minimum absolute atomic E-state index is 0.394.